The van der Waals surface area contributed by atoms with Gasteiger partial charge < -0.3 is 10.1 Å². The molecule has 0 aliphatic carbocycles. The maximum absolute atomic E-state index is 13.3. The molecule has 6 nitrogen and oxygen atoms in total. The molecule has 0 saturated heterocycles. The highest BCUT2D eigenvalue weighted by molar-refractivity contribution is 6.04. The van der Waals surface area contributed by atoms with Crippen molar-refractivity contribution in [3.05, 3.63) is 89.5 Å². The van der Waals surface area contributed by atoms with Crippen molar-refractivity contribution in [1.29, 1.82) is 0 Å². The highest BCUT2D eigenvalue weighted by atomic mass is 19.4. The van der Waals surface area contributed by atoms with Gasteiger partial charge in [-0.05, 0) is 66.4 Å². The number of amides is 1. The molecule has 0 atom stereocenters. The van der Waals surface area contributed by atoms with Gasteiger partial charge in [0.2, 0.25) is 0 Å². The Kier molecular flexibility index (Phi) is 7.61. The highest BCUT2D eigenvalue weighted by Gasteiger charge is 2.31. The van der Waals surface area contributed by atoms with Crippen molar-refractivity contribution < 1.29 is 22.7 Å². The zero-order chi connectivity index (χ0) is 26.6. The Bertz CT molecular complexity index is 1360. The standard InChI is InChI=1S/C28H27F3N4O2/c1-4-19-8-10-20(11-9-19)26(36)32-23-12-14-24(15-13-23)35-25(33-27(34-35)37-17-18(2)3)21-6-5-7-22(16-21)28(29,30)31/h5-16,18H,4,17H2,1-3H3,(H,32,36). The monoisotopic (exact) mass is 508 g/mol. The van der Waals surface area contributed by atoms with Crippen LogP contribution in [0.4, 0.5) is 18.9 Å². The van der Waals surface area contributed by atoms with Crippen molar-refractivity contribution in [2.75, 3.05) is 11.9 Å². The average molecular weight is 509 g/mol. The summed E-state index contributed by atoms with van der Waals surface area (Å²) in [6.45, 7) is 6.34. The molecule has 1 aromatic heterocycles. The maximum Gasteiger partial charge on any atom is 0.416 e. The molecule has 1 heterocycles. The number of hydrogen-bond acceptors (Lipinski definition) is 4. The molecule has 4 aromatic rings. The lowest BCUT2D eigenvalue weighted by atomic mass is 10.1. The topological polar surface area (TPSA) is 69.0 Å². The first-order valence-corrected chi connectivity index (χ1v) is 11.9. The summed E-state index contributed by atoms with van der Waals surface area (Å²) >= 11 is 0. The smallest absolute Gasteiger partial charge is 0.416 e. The summed E-state index contributed by atoms with van der Waals surface area (Å²) in [6.07, 6.45) is -3.60. The summed E-state index contributed by atoms with van der Waals surface area (Å²) < 4.78 is 47.1. The van der Waals surface area contributed by atoms with Crippen molar-refractivity contribution in [2.24, 2.45) is 5.92 Å². The minimum absolute atomic E-state index is 0.0639. The van der Waals surface area contributed by atoms with Crippen molar-refractivity contribution in [2.45, 2.75) is 33.4 Å². The van der Waals surface area contributed by atoms with Gasteiger partial charge in [0.1, 0.15) is 0 Å². The molecule has 0 aliphatic rings. The van der Waals surface area contributed by atoms with Gasteiger partial charge in [0.25, 0.3) is 5.91 Å². The van der Waals surface area contributed by atoms with Gasteiger partial charge in [0.15, 0.2) is 5.82 Å². The molecule has 0 bridgehead atoms. The second-order valence-electron chi connectivity index (χ2n) is 8.96. The first-order valence-electron chi connectivity index (χ1n) is 11.9. The van der Waals surface area contributed by atoms with Crippen molar-refractivity contribution in [3.63, 3.8) is 0 Å². The third kappa shape index (κ3) is 6.35. The van der Waals surface area contributed by atoms with Gasteiger partial charge in [-0.1, -0.05) is 45.0 Å². The number of carbonyl (C=O) groups is 1. The zero-order valence-electron chi connectivity index (χ0n) is 20.7. The molecule has 3 aromatic carbocycles. The number of alkyl halides is 3. The van der Waals surface area contributed by atoms with Crippen LogP contribution < -0.4 is 10.1 Å². The van der Waals surface area contributed by atoms with Crippen LogP contribution >= 0.6 is 0 Å². The molecule has 0 fully saturated rings. The number of benzene rings is 3. The Morgan fingerprint density at radius 2 is 1.73 bits per heavy atom. The van der Waals surface area contributed by atoms with Gasteiger partial charge in [0, 0.05) is 16.8 Å². The summed E-state index contributed by atoms with van der Waals surface area (Å²) in [5.74, 6) is 0.174. The van der Waals surface area contributed by atoms with E-state index in [0.29, 0.717) is 23.5 Å². The summed E-state index contributed by atoms with van der Waals surface area (Å²) in [5.41, 5.74) is 2.25. The van der Waals surface area contributed by atoms with Crippen LogP contribution in [0.2, 0.25) is 0 Å². The van der Waals surface area contributed by atoms with Crippen LogP contribution in [-0.2, 0) is 12.6 Å². The lowest BCUT2D eigenvalue weighted by molar-refractivity contribution is -0.137. The number of rotatable bonds is 8. The molecule has 0 radical (unpaired) electrons. The van der Waals surface area contributed by atoms with Crippen LogP contribution in [0.1, 0.15) is 42.3 Å². The summed E-state index contributed by atoms with van der Waals surface area (Å²) in [4.78, 5) is 17.0. The normalized spacial score (nSPS) is 11.5. The van der Waals surface area contributed by atoms with E-state index in [1.807, 2.05) is 32.9 Å². The van der Waals surface area contributed by atoms with E-state index in [1.165, 1.54) is 10.7 Å². The lowest BCUT2D eigenvalue weighted by Crippen LogP contribution is -2.12. The molecular formula is C28H27F3N4O2. The predicted molar refractivity (Wildman–Crippen MR) is 136 cm³/mol. The summed E-state index contributed by atoms with van der Waals surface area (Å²) in [6, 6.07) is 19.1. The zero-order valence-corrected chi connectivity index (χ0v) is 20.7. The van der Waals surface area contributed by atoms with Gasteiger partial charge in [-0.3, -0.25) is 4.79 Å². The van der Waals surface area contributed by atoms with Gasteiger partial charge in [-0.25, -0.2) is 4.68 Å². The molecule has 192 valence electrons. The quantitative estimate of drug-likeness (QED) is 0.284. The second-order valence-corrected chi connectivity index (χ2v) is 8.96. The number of anilines is 1. The molecule has 0 unspecified atom stereocenters. The number of aryl methyl sites for hydroxylation is 1. The number of halogens is 3. The first-order chi connectivity index (χ1) is 17.6. The average Bonchev–Trinajstić information content (AvgIpc) is 3.32. The second kappa shape index (κ2) is 10.9. The van der Waals surface area contributed by atoms with Crippen LogP contribution in [0.25, 0.3) is 17.1 Å². The molecule has 4 rings (SSSR count). The fourth-order valence-corrected chi connectivity index (χ4v) is 3.58. The van der Waals surface area contributed by atoms with Crippen LogP contribution in [0.15, 0.2) is 72.8 Å². The van der Waals surface area contributed by atoms with E-state index in [-0.39, 0.29) is 29.2 Å². The third-order valence-electron chi connectivity index (χ3n) is 5.58. The van der Waals surface area contributed by atoms with E-state index in [2.05, 4.69) is 15.4 Å². The van der Waals surface area contributed by atoms with Crippen molar-refractivity contribution in [1.82, 2.24) is 14.8 Å². The molecule has 0 spiro atoms. The fourth-order valence-electron chi connectivity index (χ4n) is 3.58. The Morgan fingerprint density at radius 1 is 1.03 bits per heavy atom. The number of ether oxygens (including phenoxy) is 1. The number of carbonyl (C=O) groups excluding carboxylic acids is 1. The summed E-state index contributed by atoms with van der Waals surface area (Å²) in [7, 11) is 0. The Labute approximate surface area is 213 Å². The van der Waals surface area contributed by atoms with Crippen LogP contribution in [0.3, 0.4) is 0 Å². The lowest BCUT2D eigenvalue weighted by Gasteiger charge is -2.10. The van der Waals surface area contributed by atoms with Crippen molar-refractivity contribution >= 4 is 11.6 Å². The van der Waals surface area contributed by atoms with E-state index in [4.69, 9.17) is 4.74 Å². The first kappa shape index (κ1) is 25.9. The highest BCUT2D eigenvalue weighted by Crippen LogP contribution is 2.33. The maximum atomic E-state index is 13.3. The molecule has 37 heavy (non-hydrogen) atoms. The van der Waals surface area contributed by atoms with Crippen LogP contribution in [0, 0.1) is 5.92 Å². The molecule has 0 saturated carbocycles. The van der Waals surface area contributed by atoms with Crippen LogP contribution in [-0.4, -0.2) is 27.3 Å². The Hall–Kier alpha value is -4.14. The van der Waals surface area contributed by atoms with E-state index >= 15 is 0 Å². The third-order valence-corrected chi connectivity index (χ3v) is 5.58. The molecule has 1 amide bonds. The van der Waals surface area contributed by atoms with E-state index < -0.39 is 11.7 Å². The molecule has 9 heteroatoms. The Morgan fingerprint density at radius 3 is 2.35 bits per heavy atom. The number of aromatic nitrogens is 3. The van der Waals surface area contributed by atoms with Gasteiger partial charge in [-0.15, -0.1) is 5.10 Å². The largest absolute Gasteiger partial charge is 0.462 e. The minimum atomic E-state index is -4.49. The minimum Gasteiger partial charge on any atom is -0.462 e. The number of nitrogens with zero attached hydrogens (tertiary/aromatic N) is 3. The van der Waals surface area contributed by atoms with E-state index in [0.717, 1.165) is 24.1 Å². The van der Waals surface area contributed by atoms with Crippen LogP contribution in [0.5, 0.6) is 6.01 Å². The van der Waals surface area contributed by atoms with Gasteiger partial charge in [-0.2, -0.15) is 18.2 Å². The molecule has 0 aliphatic heterocycles. The molecule has 1 N–H and O–H groups in total. The number of hydrogen-bond donors (Lipinski definition) is 1. The van der Waals surface area contributed by atoms with E-state index in [1.54, 1.807) is 42.5 Å². The molecular weight excluding hydrogens is 481 g/mol. The van der Waals surface area contributed by atoms with E-state index in [9.17, 15) is 18.0 Å². The van der Waals surface area contributed by atoms with Gasteiger partial charge in [0.05, 0.1) is 17.9 Å². The van der Waals surface area contributed by atoms with Crippen molar-refractivity contribution in [3.8, 4) is 23.1 Å². The fraction of sp³-hybridized carbons (Fsp3) is 0.250. The number of nitrogens with one attached hydrogen (secondary N) is 1. The van der Waals surface area contributed by atoms with Gasteiger partial charge >= 0.3 is 12.2 Å². The predicted octanol–water partition coefficient (Wildman–Crippen LogP) is 6.80. The Balaban J connectivity index is 1.62. The SMILES string of the molecule is CCc1ccc(C(=O)Nc2ccc(-n3nc(OCC(C)C)nc3-c3cccc(C(F)(F)F)c3)cc2)cc1. The summed E-state index contributed by atoms with van der Waals surface area (Å²) in [5, 5.41) is 7.24.